The number of aromatic nitrogens is 6. The van der Waals surface area contributed by atoms with Gasteiger partial charge in [0, 0.05) is 30.6 Å². The van der Waals surface area contributed by atoms with Crippen LogP contribution in [0.1, 0.15) is 54.4 Å². The molecule has 0 saturated carbocycles. The first-order chi connectivity index (χ1) is 17.0. The van der Waals surface area contributed by atoms with Gasteiger partial charge in [-0.25, -0.2) is 9.97 Å². The van der Waals surface area contributed by atoms with E-state index in [1.54, 1.807) is 0 Å². The maximum atomic E-state index is 11.1. The highest BCUT2D eigenvalue weighted by Gasteiger charge is 2.33. The average molecular weight is 470 g/mol. The summed E-state index contributed by atoms with van der Waals surface area (Å²) in [6, 6.07) is 16.9. The number of nitrogens with one attached hydrogen (secondary N) is 1. The van der Waals surface area contributed by atoms with Crippen molar-refractivity contribution in [1.29, 1.82) is 0 Å². The number of anilines is 1. The lowest BCUT2D eigenvalue weighted by molar-refractivity contribution is 0.142. The third-order valence-corrected chi connectivity index (χ3v) is 6.82. The number of benzene rings is 2. The lowest BCUT2D eigenvalue weighted by Crippen LogP contribution is -2.39. The summed E-state index contributed by atoms with van der Waals surface area (Å²) in [4.78, 5) is 12.4. The smallest absolute Gasteiger partial charge is 0.174 e. The van der Waals surface area contributed by atoms with Gasteiger partial charge in [-0.3, -0.25) is 0 Å². The van der Waals surface area contributed by atoms with Gasteiger partial charge in [0.1, 0.15) is 11.8 Å². The highest BCUT2D eigenvalue weighted by Crippen LogP contribution is 2.40. The molecule has 1 aliphatic rings. The summed E-state index contributed by atoms with van der Waals surface area (Å²) in [5.41, 5.74) is 6.71. The van der Waals surface area contributed by atoms with Crippen molar-refractivity contribution in [2.45, 2.75) is 58.1 Å². The van der Waals surface area contributed by atoms with Crippen LogP contribution in [0.25, 0.3) is 22.5 Å². The van der Waals surface area contributed by atoms with Crippen molar-refractivity contribution < 1.29 is 5.11 Å². The van der Waals surface area contributed by atoms with Crippen LogP contribution in [0.3, 0.4) is 0 Å². The second kappa shape index (κ2) is 9.92. The molecule has 2 N–H and O–H groups in total. The van der Waals surface area contributed by atoms with Crippen LogP contribution < -0.4 is 4.90 Å². The van der Waals surface area contributed by atoms with E-state index in [1.165, 1.54) is 11.1 Å². The Hall–Kier alpha value is -3.65. The fourth-order valence-electron chi connectivity index (χ4n) is 4.71. The first-order valence-corrected chi connectivity index (χ1v) is 12.2. The number of aliphatic hydroxyl groups excluding tert-OH is 1. The minimum absolute atomic E-state index is 0.188. The van der Waals surface area contributed by atoms with E-state index in [0.29, 0.717) is 12.1 Å². The molecule has 8 nitrogen and oxygen atoms in total. The number of aliphatic hydroxyl groups is 1. The zero-order valence-corrected chi connectivity index (χ0v) is 20.4. The van der Waals surface area contributed by atoms with Crippen molar-refractivity contribution in [2.24, 2.45) is 0 Å². The number of aromatic amines is 1. The molecule has 0 amide bonds. The molecular weight excluding hydrogens is 438 g/mol. The first kappa shape index (κ1) is 23.1. The molecule has 2 aromatic carbocycles. The minimum Gasteiger partial charge on any atom is -0.387 e. The normalized spacial score (nSPS) is 17.4. The topological polar surface area (TPSA) is 104 Å². The third-order valence-electron chi connectivity index (χ3n) is 6.82. The number of aryl methyl sites for hydroxylation is 3. The van der Waals surface area contributed by atoms with E-state index in [1.807, 2.05) is 0 Å². The van der Waals surface area contributed by atoms with Crippen LogP contribution in [0.2, 0.25) is 0 Å². The van der Waals surface area contributed by atoms with Gasteiger partial charge in [-0.05, 0) is 33.1 Å². The molecule has 0 spiro atoms. The fourth-order valence-corrected chi connectivity index (χ4v) is 4.71. The van der Waals surface area contributed by atoms with E-state index < -0.39 is 6.10 Å². The van der Waals surface area contributed by atoms with Gasteiger partial charge in [0.05, 0.1) is 11.4 Å². The largest absolute Gasteiger partial charge is 0.387 e. The Morgan fingerprint density at radius 1 is 0.914 bits per heavy atom. The summed E-state index contributed by atoms with van der Waals surface area (Å²) in [5.74, 6) is 1.50. The van der Waals surface area contributed by atoms with Gasteiger partial charge in [-0.15, -0.1) is 10.2 Å². The highest BCUT2D eigenvalue weighted by atomic mass is 16.3. The second-order valence-corrected chi connectivity index (χ2v) is 9.45. The summed E-state index contributed by atoms with van der Waals surface area (Å²) in [7, 11) is 2.06. The summed E-state index contributed by atoms with van der Waals surface area (Å²) in [6.45, 7) is 4.15. The third kappa shape index (κ3) is 4.93. The van der Waals surface area contributed by atoms with E-state index in [9.17, 15) is 5.11 Å². The number of unbranched alkanes of at least 4 members (excludes halogenated alkanes) is 1. The van der Waals surface area contributed by atoms with Gasteiger partial charge in [0.25, 0.3) is 0 Å². The van der Waals surface area contributed by atoms with Crippen LogP contribution in [-0.2, 0) is 6.42 Å². The van der Waals surface area contributed by atoms with E-state index in [4.69, 9.17) is 9.97 Å². The zero-order chi connectivity index (χ0) is 24.4. The van der Waals surface area contributed by atoms with E-state index >= 15 is 0 Å². The molecule has 3 heterocycles. The van der Waals surface area contributed by atoms with Gasteiger partial charge >= 0.3 is 0 Å². The number of nitrogens with zero attached hydrogens (tertiary/aromatic N) is 6. The summed E-state index contributed by atoms with van der Waals surface area (Å²) >= 11 is 0. The minimum atomic E-state index is -0.646. The lowest BCUT2D eigenvalue weighted by Gasteiger charge is -2.37. The van der Waals surface area contributed by atoms with Crippen LogP contribution in [-0.4, -0.2) is 48.8 Å². The van der Waals surface area contributed by atoms with Crippen LogP contribution in [0.4, 0.5) is 5.82 Å². The van der Waals surface area contributed by atoms with Crippen LogP contribution >= 0.6 is 0 Å². The maximum Gasteiger partial charge on any atom is 0.174 e. The predicted molar refractivity (Wildman–Crippen MR) is 136 cm³/mol. The molecule has 1 aliphatic heterocycles. The average Bonchev–Trinajstić information content (AvgIpc) is 3.39. The van der Waals surface area contributed by atoms with Crippen molar-refractivity contribution in [3.8, 4) is 22.5 Å². The maximum absolute atomic E-state index is 11.1. The van der Waals surface area contributed by atoms with E-state index in [2.05, 4.69) is 95.0 Å². The lowest BCUT2D eigenvalue weighted by atomic mass is 9.94. The quantitative estimate of drug-likeness (QED) is 0.381. The second-order valence-electron chi connectivity index (χ2n) is 9.45. The molecule has 8 heteroatoms. The Bertz CT molecular complexity index is 1270. The van der Waals surface area contributed by atoms with Gasteiger partial charge < -0.3 is 10.0 Å². The van der Waals surface area contributed by atoms with Crippen LogP contribution in [0.15, 0.2) is 48.5 Å². The van der Waals surface area contributed by atoms with E-state index in [0.717, 1.165) is 59.8 Å². The molecule has 4 aromatic rings. The number of fused-ring (bicyclic) bond motifs is 1. The Labute approximate surface area is 205 Å². The standard InChI is InChI=1S/C27H31N7O/c1-17-8-12-19(13-9-17)24-25(20-14-10-18(2)11-15-20)29-27-26(28-24)22(35)16-21(34(27)3)6-4-5-7-23-30-32-33-31-23/h8-15,21-22,35H,4-7,16H2,1-3H3,(H,30,31,32,33). The molecule has 180 valence electrons. The number of rotatable bonds is 7. The van der Waals surface area contributed by atoms with Crippen molar-refractivity contribution in [3.05, 3.63) is 71.2 Å². The molecule has 2 aromatic heterocycles. The molecule has 5 rings (SSSR count). The number of tetrazole rings is 1. The number of hydrogen-bond acceptors (Lipinski definition) is 7. The predicted octanol–water partition coefficient (Wildman–Crippen LogP) is 4.60. The number of H-pyrrole nitrogens is 1. The van der Waals surface area contributed by atoms with Gasteiger partial charge in [-0.1, -0.05) is 71.3 Å². The van der Waals surface area contributed by atoms with Crippen molar-refractivity contribution in [1.82, 2.24) is 30.6 Å². The van der Waals surface area contributed by atoms with Crippen molar-refractivity contribution in [3.63, 3.8) is 0 Å². The van der Waals surface area contributed by atoms with Crippen LogP contribution in [0, 0.1) is 13.8 Å². The highest BCUT2D eigenvalue weighted by molar-refractivity contribution is 5.80. The number of hydrogen-bond donors (Lipinski definition) is 2. The van der Waals surface area contributed by atoms with E-state index in [-0.39, 0.29) is 6.04 Å². The monoisotopic (exact) mass is 469 g/mol. The molecule has 2 atom stereocenters. The molecule has 0 radical (unpaired) electrons. The molecule has 0 fully saturated rings. The van der Waals surface area contributed by atoms with Gasteiger partial charge in [-0.2, -0.15) is 5.21 Å². The SMILES string of the molecule is Cc1ccc(-c2nc3c(nc2-c2ccc(C)cc2)N(C)C(CCCCc2nn[nH]n2)CC3O)cc1. The van der Waals surface area contributed by atoms with Crippen molar-refractivity contribution >= 4 is 5.82 Å². The first-order valence-electron chi connectivity index (χ1n) is 12.2. The molecular formula is C27H31N7O. The van der Waals surface area contributed by atoms with Gasteiger partial charge in [0.15, 0.2) is 11.6 Å². The Balaban J connectivity index is 1.46. The summed E-state index contributed by atoms with van der Waals surface area (Å²) in [6.07, 6.45) is 3.71. The molecule has 2 unspecified atom stereocenters. The fraction of sp³-hybridized carbons (Fsp3) is 0.370. The Morgan fingerprint density at radius 2 is 1.54 bits per heavy atom. The zero-order valence-electron chi connectivity index (χ0n) is 20.4. The Kier molecular flexibility index (Phi) is 6.55. The summed E-state index contributed by atoms with van der Waals surface area (Å²) in [5, 5.41) is 25.3. The molecule has 0 aliphatic carbocycles. The van der Waals surface area contributed by atoms with Gasteiger partial charge in [0.2, 0.25) is 0 Å². The molecule has 35 heavy (non-hydrogen) atoms. The van der Waals surface area contributed by atoms with Crippen molar-refractivity contribution in [2.75, 3.05) is 11.9 Å². The summed E-state index contributed by atoms with van der Waals surface area (Å²) < 4.78 is 0. The Morgan fingerprint density at radius 3 is 2.14 bits per heavy atom. The molecule has 0 saturated heterocycles. The molecule has 0 bridgehead atoms. The van der Waals surface area contributed by atoms with Crippen LogP contribution in [0.5, 0.6) is 0 Å².